The van der Waals surface area contributed by atoms with Crippen LogP contribution in [-0.2, 0) is 45.2 Å². The fourth-order valence-corrected chi connectivity index (χ4v) is 4.55. The first-order chi connectivity index (χ1) is 20.6. The molecule has 3 aromatic carbocycles. The third kappa shape index (κ3) is 8.60. The van der Waals surface area contributed by atoms with Crippen LogP contribution in [0.15, 0.2) is 65.1 Å². The first-order valence-electron chi connectivity index (χ1n) is 14.0. The third-order valence-corrected chi connectivity index (χ3v) is 6.32. The van der Waals surface area contributed by atoms with Crippen molar-refractivity contribution in [3.05, 3.63) is 88.7 Å². The Bertz CT molecular complexity index is 1640. The van der Waals surface area contributed by atoms with Crippen LogP contribution in [0.2, 0.25) is 0 Å². The number of nitrogens with one attached hydrogen (secondary N) is 1. The van der Waals surface area contributed by atoms with E-state index in [9.17, 15) is 14.9 Å². The van der Waals surface area contributed by atoms with Crippen LogP contribution in [0.3, 0.4) is 0 Å². The van der Waals surface area contributed by atoms with Crippen LogP contribution >= 0.6 is 0 Å². The number of furan rings is 1. The molecule has 1 amide bonds. The highest BCUT2D eigenvalue weighted by atomic mass is 16.6. The Morgan fingerprint density at radius 2 is 1.81 bits per heavy atom. The highest BCUT2D eigenvalue weighted by Crippen LogP contribution is 2.34. The molecule has 0 aliphatic rings. The minimum atomic E-state index is -0.589. The number of ether oxygens (including phenoxy) is 4. The molecule has 4 aromatic rings. The number of carbonyl (C=O) groups is 2. The summed E-state index contributed by atoms with van der Waals surface area (Å²) in [4.78, 5) is 24.4. The van der Waals surface area contributed by atoms with Gasteiger partial charge in [0, 0.05) is 30.2 Å². The molecule has 4 rings (SSSR count). The van der Waals surface area contributed by atoms with Crippen molar-refractivity contribution in [3.8, 4) is 22.9 Å². The van der Waals surface area contributed by atoms with Crippen molar-refractivity contribution in [1.29, 1.82) is 5.26 Å². The van der Waals surface area contributed by atoms with E-state index < -0.39 is 11.7 Å². The number of fused-ring (bicyclic) bond motifs is 1. The van der Waals surface area contributed by atoms with Crippen LogP contribution in [0.25, 0.3) is 22.1 Å². The predicted molar refractivity (Wildman–Crippen MR) is 161 cm³/mol. The van der Waals surface area contributed by atoms with Crippen LogP contribution < -0.4 is 10.1 Å². The molecule has 0 saturated carbocycles. The van der Waals surface area contributed by atoms with Crippen LogP contribution in [0, 0.1) is 11.3 Å². The third-order valence-electron chi connectivity index (χ3n) is 6.32. The normalized spacial score (nSPS) is 11.2. The zero-order chi connectivity index (χ0) is 31.0. The first-order valence-corrected chi connectivity index (χ1v) is 14.0. The maximum Gasteiger partial charge on any atom is 0.407 e. The van der Waals surface area contributed by atoms with E-state index in [1.807, 2.05) is 63.2 Å². The average molecular weight is 585 g/mol. The topological polar surface area (TPSA) is 120 Å². The zero-order valence-corrected chi connectivity index (χ0v) is 25.1. The van der Waals surface area contributed by atoms with E-state index in [2.05, 4.69) is 11.4 Å². The van der Waals surface area contributed by atoms with Crippen LogP contribution in [0.1, 0.15) is 55.7 Å². The Kier molecular flexibility index (Phi) is 10.1. The number of rotatable bonds is 11. The molecule has 0 fully saturated rings. The lowest BCUT2D eigenvalue weighted by atomic mass is 9.99. The fraction of sp³-hybridized carbons (Fsp3) is 0.324. The molecule has 0 unspecified atom stereocenters. The fourth-order valence-electron chi connectivity index (χ4n) is 4.55. The smallest absolute Gasteiger partial charge is 0.407 e. The number of hydrogen-bond acceptors (Lipinski definition) is 8. The average Bonchev–Trinajstić information content (AvgIpc) is 3.37. The number of nitriles is 1. The van der Waals surface area contributed by atoms with Gasteiger partial charge >= 0.3 is 12.1 Å². The molecule has 9 nitrogen and oxygen atoms in total. The van der Waals surface area contributed by atoms with Gasteiger partial charge in [-0.3, -0.25) is 4.79 Å². The van der Waals surface area contributed by atoms with E-state index in [0.29, 0.717) is 41.4 Å². The van der Waals surface area contributed by atoms with E-state index >= 15 is 0 Å². The summed E-state index contributed by atoms with van der Waals surface area (Å²) in [5, 5.41) is 13.1. The van der Waals surface area contributed by atoms with E-state index in [1.54, 1.807) is 32.2 Å². The Morgan fingerprint density at radius 3 is 2.53 bits per heavy atom. The molecule has 0 spiro atoms. The number of benzene rings is 3. The second-order valence-corrected chi connectivity index (χ2v) is 11.0. The van der Waals surface area contributed by atoms with Crippen molar-refractivity contribution in [2.45, 2.75) is 59.5 Å². The molecule has 0 atom stereocenters. The number of carbonyl (C=O) groups excluding carboxylic acids is 2. The van der Waals surface area contributed by atoms with Gasteiger partial charge in [-0.15, -0.1) is 0 Å². The molecule has 0 radical (unpaired) electrons. The molecule has 0 aliphatic carbocycles. The Hall–Kier alpha value is -4.81. The largest absolute Gasteiger partial charge is 0.489 e. The zero-order valence-electron chi connectivity index (χ0n) is 25.1. The van der Waals surface area contributed by atoms with Crippen molar-refractivity contribution in [1.82, 2.24) is 5.32 Å². The molecule has 1 N–H and O–H groups in total. The van der Waals surface area contributed by atoms with Crippen LogP contribution in [0.4, 0.5) is 4.79 Å². The van der Waals surface area contributed by atoms with Crippen molar-refractivity contribution in [3.63, 3.8) is 0 Å². The number of alkyl carbamates (subject to hydrolysis) is 1. The molecule has 0 bridgehead atoms. The minimum absolute atomic E-state index is 0.0331. The van der Waals surface area contributed by atoms with Crippen molar-refractivity contribution in [2.75, 3.05) is 13.7 Å². The van der Waals surface area contributed by atoms with E-state index in [0.717, 1.165) is 27.6 Å². The van der Waals surface area contributed by atoms with Crippen molar-refractivity contribution >= 4 is 23.0 Å². The second-order valence-electron chi connectivity index (χ2n) is 11.0. The number of nitrogens with zero attached hydrogens (tertiary/aromatic N) is 1. The lowest BCUT2D eigenvalue weighted by Crippen LogP contribution is -2.32. The maximum atomic E-state index is 12.2. The van der Waals surface area contributed by atoms with Gasteiger partial charge in [-0.2, -0.15) is 5.26 Å². The summed E-state index contributed by atoms with van der Waals surface area (Å²) in [6.45, 7) is 8.27. The molecule has 224 valence electrons. The molecule has 0 aliphatic heterocycles. The summed E-state index contributed by atoms with van der Waals surface area (Å²) in [5.41, 5.74) is 4.65. The highest BCUT2D eigenvalue weighted by molar-refractivity contribution is 5.93. The molecule has 9 heteroatoms. The molecule has 0 saturated heterocycles. The lowest BCUT2D eigenvalue weighted by Gasteiger charge is -2.19. The van der Waals surface area contributed by atoms with E-state index in [1.165, 1.54) is 0 Å². The number of amides is 1. The van der Waals surface area contributed by atoms with Crippen LogP contribution in [-0.4, -0.2) is 31.4 Å². The van der Waals surface area contributed by atoms with Gasteiger partial charge in [0.1, 0.15) is 35.9 Å². The SMILES string of the molecule is CCOC(=O)Cc1ccc(C#N)cc1OCc1cc(-c2cccc(CNC(=O)OC(C)(C)C)c2)c2oc(COC)cc2c1. The van der Waals surface area contributed by atoms with Gasteiger partial charge in [0.25, 0.3) is 0 Å². The summed E-state index contributed by atoms with van der Waals surface area (Å²) >= 11 is 0. The van der Waals surface area contributed by atoms with Crippen LogP contribution in [0.5, 0.6) is 5.75 Å². The molecular formula is C34H36N2O7. The Morgan fingerprint density at radius 1 is 1.00 bits per heavy atom. The van der Waals surface area contributed by atoms with Gasteiger partial charge in [-0.1, -0.05) is 24.3 Å². The predicted octanol–water partition coefficient (Wildman–Crippen LogP) is 6.83. The van der Waals surface area contributed by atoms with Gasteiger partial charge in [0.05, 0.1) is 24.7 Å². The monoisotopic (exact) mass is 584 g/mol. The maximum absolute atomic E-state index is 12.2. The standard InChI is InChI=1S/C34H36N2O7/c1-6-40-31(37)17-26-11-10-22(18-35)15-30(26)41-20-24-13-27-16-28(21-39-5)42-32(27)29(14-24)25-9-7-8-23(12-25)19-36-33(38)43-34(2,3)4/h7-16H,6,17,19-21H2,1-5H3,(H,36,38). The second kappa shape index (κ2) is 13.9. The summed E-state index contributed by atoms with van der Waals surface area (Å²) in [6.07, 6.45) is -0.455. The number of methoxy groups -OCH3 is 1. The summed E-state index contributed by atoms with van der Waals surface area (Å²) in [6, 6.07) is 20.8. The first kappa shape index (κ1) is 31.1. The molecular weight excluding hydrogens is 548 g/mol. The summed E-state index contributed by atoms with van der Waals surface area (Å²) < 4.78 is 28.1. The molecule has 43 heavy (non-hydrogen) atoms. The summed E-state index contributed by atoms with van der Waals surface area (Å²) in [5.74, 6) is 0.750. The summed E-state index contributed by atoms with van der Waals surface area (Å²) in [7, 11) is 1.61. The molecule has 1 aromatic heterocycles. The van der Waals surface area contributed by atoms with Gasteiger partial charge in [-0.05, 0) is 80.8 Å². The van der Waals surface area contributed by atoms with E-state index in [-0.39, 0.29) is 25.6 Å². The van der Waals surface area contributed by atoms with Gasteiger partial charge in [0.15, 0.2) is 0 Å². The number of hydrogen-bond donors (Lipinski definition) is 1. The van der Waals surface area contributed by atoms with Crippen molar-refractivity contribution < 1.29 is 33.0 Å². The number of esters is 1. The highest BCUT2D eigenvalue weighted by Gasteiger charge is 2.17. The van der Waals surface area contributed by atoms with Gasteiger partial charge in [0.2, 0.25) is 0 Å². The quantitative estimate of drug-likeness (QED) is 0.191. The van der Waals surface area contributed by atoms with Crippen molar-refractivity contribution in [2.24, 2.45) is 0 Å². The lowest BCUT2D eigenvalue weighted by molar-refractivity contribution is -0.142. The van der Waals surface area contributed by atoms with E-state index in [4.69, 9.17) is 23.4 Å². The minimum Gasteiger partial charge on any atom is -0.489 e. The van der Waals surface area contributed by atoms with Gasteiger partial charge < -0.3 is 28.7 Å². The Balaban J connectivity index is 1.64. The Labute approximate surface area is 251 Å². The molecule has 1 heterocycles. The van der Waals surface area contributed by atoms with Gasteiger partial charge in [-0.25, -0.2) is 4.79 Å².